The van der Waals surface area contributed by atoms with Gasteiger partial charge in [0.2, 0.25) is 0 Å². The summed E-state index contributed by atoms with van der Waals surface area (Å²) in [5.41, 5.74) is 2.05. The number of halogens is 1. The number of imidazole rings is 1. The van der Waals surface area contributed by atoms with Gasteiger partial charge in [-0.05, 0) is 53.4 Å². The number of aromatic nitrogens is 2. The predicted octanol–water partition coefficient (Wildman–Crippen LogP) is 5.03. The van der Waals surface area contributed by atoms with E-state index in [1.165, 1.54) is 0 Å². The normalized spacial score (nSPS) is 16.0. The summed E-state index contributed by atoms with van der Waals surface area (Å²) in [6.45, 7) is 2.00. The second-order valence-corrected chi connectivity index (χ2v) is 7.41. The third-order valence-electron chi connectivity index (χ3n) is 4.93. The fourth-order valence-corrected chi connectivity index (χ4v) is 4.12. The maximum absolute atomic E-state index is 12.2. The van der Waals surface area contributed by atoms with Gasteiger partial charge in [0.05, 0.1) is 4.47 Å². The molecule has 132 valence electrons. The maximum Gasteiger partial charge on any atom is 0.188 e. The number of H-pyrrole nitrogens is 1. The molecule has 0 spiro atoms. The van der Waals surface area contributed by atoms with Crippen LogP contribution >= 0.6 is 15.9 Å². The zero-order chi connectivity index (χ0) is 18.1. The van der Waals surface area contributed by atoms with Crippen LogP contribution in [0.2, 0.25) is 0 Å². The first-order valence-corrected chi connectivity index (χ1v) is 9.48. The molecular formula is C21H19BrN2O2. The molecule has 26 heavy (non-hydrogen) atoms. The molecule has 1 N–H and O–H groups in total. The van der Waals surface area contributed by atoms with Crippen molar-refractivity contribution < 1.29 is 9.53 Å². The van der Waals surface area contributed by atoms with Crippen LogP contribution in [0.5, 0.6) is 5.75 Å². The van der Waals surface area contributed by atoms with E-state index in [0.29, 0.717) is 12.2 Å². The first-order valence-electron chi connectivity index (χ1n) is 8.68. The number of ketones is 1. The number of hydrogen-bond donors (Lipinski definition) is 1. The fraction of sp³-hybridized carbons (Fsp3) is 0.238. The van der Waals surface area contributed by atoms with Crippen molar-refractivity contribution in [2.24, 2.45) is 0 Å². The summed E-state index contributed by atoms with van der Waals surface area (Å²) < 4.78 is 7.37. The Morgan fingerprint density at radius 2 is 1.96 bits per heavy atom. The van der Waals surface area contributed by atoms with Crippen molar-refractivity contribution in [2.45, 2.75) is 31.8 Å². The summed E-state index contributed by atoms with van der Waals surface area (Å²) in [7, 11) is 0. The number of nitrogens with zero attached hydrogens (tertiary/aromatic N) is 1. The van der Waals surface area contributed by atoms with Crippen molar-refractivity contribution >= 4 is 21.7 Å². The van der Waals surface area contributed by atoms with Gasteiger partial charge in [0.25, 0.3) is 0 Å². The number of fused-ring (bicyclic) bond motifs is 1. The van der Waals surface area contributed by atoms with Crippen molar-refractivity contribution in [2.75, 3.05) is 0 Å². The SMILES string of the molecule is C[C@](Oc1ccc2c(c1Br)CCCC2=O)(c1ccccc1)c1ncc[nH]1. The van der Waals surface area contributed by atoms with E-state index in [0.717, 1.165) is 39.8 Å². The number of rotatable bonds is 4. The zero-order valence-electron chi connectivity index (χ0n) is 14.5. The summed E-state index contributed by atoms with van der Waals surface area (Å²) >= 11 is 3.68. The molecule has 2 aromatic carbocycles. The van der Waals surface area contributed by atoms with E-state index < -0.39 is 5.60 Å². The maximum atomic E-state index is 12.2. The van der Waals surface area contributed by atoms with Crippen molar-refractivity contribution in [3.8, 4) is 5.75 Å². The van der Waals surface area contributed by atoms with Gasteiger partial charge in [0.1, 0.15) is 5.75 Å². The van der Waals surface area contributed by atoms with Crippen LogP contribution in [0, 0.1) is 0 Å². The smallest absolute Gasteiger partial charge is 0.188 e. The lowest BCUT2D eigenvalue weighted by Crippen LogP contribution is -2.32. The summed E-state index contributed by atoms with van der Waals surface area (Å²) in [6, 6.07) is 13.8. The van der Waals surface area contributed by atoms with Crippen molar-refractivity contribution in [3.05, 3.63) is 81.8 Å². The minimum absolute atomic E-state index is 0.204. The predicted molar refractivity (Wildman–Crippen MR) is 104 cm³/mol. The molecule has 4 rings (SSSR count). The second kappa shape index (κ2) is 6.72. The van der Waals surface area contributed by atoms with Gasteiger partial charge in [0.15, 0.2) is 17.2 Å². The number of nitrogens with one attached hydrogen (secondary N) is 1. The average Bonchev–Trinajstić information content (AvgIpc) is 3.21. The lowest BCUT2D eigenvalue weighted by molar-refractivity contribution is 0.0971. The Morgan fingerprint density at radius 1 is 1.15 bits per heavy atom. The molecule has 3 aromatic rings. The van der Waals surface area contributed by atoms with Crippen LogP contribution in [-0.4, -0.2) is 15.8 Å². The number of benzene rings is 2. The standard InChI is InChI=1S/C21H19BrN2O2/c1-21(20-23-12-13-24-20,14-6-3-2-4-7-14)26-18-11-10-15-16(19(18)22)8-5-9-17(15)25/h2-4,6-7,10-13H,5,8-9H2,1H3,(H,23,24)/t21-/m0/s1. The Bertz CT molecular complexity index is 938. The molecule has 5 heteroatoms. The molecule has 4 nitrogen and oxygen atoms in total. The van der Waals surface area contributed by atoms with Crippen LogP contribution in [0.3, 0.4) is 0 Å². The molecule has 0 fully saturated rings. The third-order valence-corrected chi connectivity index (χ3v) is 5.80. The Balaban J connectivity index is 1.80. The van der Waals surface area contributed by atoms with E-state index in [4.69, 9.17) is 4.74 Å². The van der Waals surface area contributed by atoms with Gasteiger partial charge in [-0.15, -0.1) is 0 Å². The number of aromatic amines is 1. The molecule has 0 radical (unpaired) electrons. The number of carbonyl (C=O) groups excluding carboxylic acids is 1. The number of hydrogen-bond acceptors (Lipinski definition) is 3. The molecule has 0 amide bonds. The Kier molecular flexibility index (Phi) is 4.41. The second-order valence-electron chi connectivity index (χ2n) is 6.62. The van der Waals surface area contributed by atoms with E-state index in [-0.39, 0.29) is 5.78 Å². The average molecular weight is 411 g/mol. The molecule has 0 saturated heterocycles. The number of ether oxygens (including phenoxy) is 1. The molecular weight excluding hydrogens is 392 g/mol. The van der Waals surface area contributed by atoms with E-state index in [1.54, 1.807) is 12.4 Å². The van der Waals surface area contributed by atoms with E-state index in [2.05, 4.69) is 25.9 Å². The number of carbonyl (C=O) groups is 1. The van der Waals surface area contributed by atoms with Gasteiger partial charge in [-0.1, -0.05) is 30.3 Å². The first-order chi connectivity index (χ1) is 12.6. The van der Waals surface area contributed by atoms with Crippen LogP contribution < -0.4 is 4.74 Å². The summed E-state index contributed by atoms with van der Waals surface area (Å²) in [5.74, 6) is 1.64. The van der Waals surface area contributed by atoms with Gasteiger partial charge in [0, 0.05) is 29.9 Å². The van der Waals surface area contributed by atoms with Crippen molar-refractivity contribution in [1.29, 1.82) is 0 Å². The van der Waals surface area contributed by atoms with Crippen LogP contribution in [0.25, 0.3) is 0 Å². The molecule has 1 heterocycles. The van der Waals surface area contributed by atoms with Gasteiger partial charge >= 0.3 is 0 Å². The Hall–Kier alpha value is -2.40. The highest BCUT2D eigenvalue weighted by molar-refractivity contribution is 9.10. The monoisotopic (exact) mass is 410 g/mol. The van der Waals surface area contributed by atoms with Crippen LogP contribution in [0.4, 0.5) is 0 Å². The highest BCUT2D eigenvalue weighted by Gasteiger charge is 2.35. The third kappa shape index (κ3) is 2.86. The summed E-state index contributed by atoms with van der Waals surface area (Å²) in [6.07, 6.45) is 5.89. The van der Waals surface area contributed by atoms with Crippen LogP contribution in [-0.2, 0) is 12.0 Å². The molecule has 0 bridgehead atoms. The molecule has 0 saturated carbocycles. The first kappa shape index (κ1) is 17.0. The topological polar surface area (TPSA) is 55.0 Å². The highest BCUT2D eigenvalue weighted by Crippen LogP contribution is 2.40. The molecule has 1 aliphatic rings. The quantitative estimate of drug-likeness (QED) is 0.655. The van der Waals surface area contributed by atoms with Gasteiger partial charge in [-0.25, -0.2) is 4.98 Å². The zero-order valence-corrected chi connectivity index (χ0v) is 16.0. The molecule has 1 atom stereocenters. The van der Waals surface area contributed by atoms with Gasteiger partial charge in [-0.2, -0.15) is 0 Å². The lowest BCUT2D eigenvalue weighted by Gasteiger charge is -2.31. The largest absolute Gasteiger partial charge is 0.474 e. The van der Waals surface area contributed by atoms with Gasteiger partial charge < -0.3 is 9.72 Å². The summed E-state index contributed by atoms with van der Waals surface area (Å²) in [5, 5.41) is 0. The Labute approximate surface area is 160 Å². The highest BCUT2D eigenvalue weighted by atomic mass is 79.9. The fourth-order valence-electron chi connectivity index (χ4n) is 3.49. The van der Waals surface area contributed by atoms with Gasteiger partial charge in [-0.3, -0.25) is 4.79 Å². The molecule has 0 unspecified atom stereocenters. The van der Waals surface area contributed by atoms with Crippen LogP contribution in [0.1, 0.15) is 47.1 Å². The van der Waals surface area contributed by atoms with E-state index in [9.17, 15) is 4.79 Å². The van der Waals surface area contributed by atoms with E-state index >= 15 is 0 Å². The molecule has 0 aliphatic heterocycles. The summed E-state index contributed by atoms with van der Waals surface area (Å²) in [4.78, 5) is 19.8. The van der Waals surface area contributed by atoms with E-state index in [1.807, 2.05) is 49.4 Å². The molecule has 1 aromatic heterocycles. The van der Waals surface area contributed by atoms with Crippen molar-refractivity contribution in [3.63, 3.8) is 0 Å². The lowest BCUT2D eigenvalue weighted by atomic mass is 9.90. The minimum atomic E-state index is -0.778. The van der Waals surface area contributed by atoms with Crippen LogP contribution in [0.15, 0.2) is 59.3 Å². The molecule has 1 aliphatic carbocycles. The van der Waals surface area contributed by atoms with Crippen molar-refractivity contribution in [1.82, 2.24) is 9.97 Å². The number of Topliss-reactive ketones (excluding diaryl/α,β-unsaturated/α-hetero) is 1. The Morgan fingerprint density at radius 3 is 2.69 bits per heavy atom. The minimum Gasteiger partial charge on any atom is -0.474 e.